The van der Waals surface area contributed by atoms with Gasteiger partial charge >= 0.3 is 6.29 Å². The zero-order valence-corrected chi connectivity index (χ0v) is 18.0. The summed E-state index contributed by atoms with van der Waals surface area (Å²) in [6.45, 7) is -0.346. The first-order valence-corrected chi connectivity index (χ1v) is 10.3. The molecule has 168 valence electrons. The van der Waals surface area contributed by atoms with Crippen LogP contribution in [-0.2, 0) is 17.8 Å². The molecule has 1 aliphatic carbocycles. The molecule has 0 bridgehead atoms. The number of halogens is 3. The number of carbonyl (C=O) groups excluding carboxylic acids is 1. The van der Waals surface area contributed by atoms with E-state index in [4.69, 9.17) is 11.6 Å². The van der Waals surface area contributed by atoms with E-state index in [-0.39, 0.29) is 23.6 Å². The van der Waals surface area contributed by atoms with Gasteiger partial charge in [0.05, 0.1) is 5.69 Å². The van der Waals surface area contributed by atoms with Crippen LogP contribution in [0.4, 0.5) is 14.5 Å². The first-order chi connectivity index (χ1) is 15.7. The Morgan fingerprint density at radius 3 is 2.79 bits per heavy atom. The first-order valence-electron chi connectivity index (χ1n) is 9.95. The van der Waals surface area contributed by atoms with Crippen LogP contribution < -0.4 is 19.9 Å². The van der Waals surface area contributed by atoms with Gasteiger partial charge in [-0.15, -0.1) is 8.78 Å². The Morgan fingerprint density at radius 2 is 2.00 bits per heavy atom. The monoisotopic (exact) mass is 471 g/mol. The van der Waals surface area contributed by atoms with Crippen LogP contribution >= 0.6 is 11.6 Å². The van der Waals surface area contributed by atoms with E-state index >= 15 is 0 Å². The lowest BCUT2D eigenvalue weighted by Gasteiger charge is -2.19. The maximum Gasteiger partial charge on any atom is 0.586 e. The fourth-order valence-electron chi connectivity index (χ4n) is 3.79. The minimum atomic E-state index is -3.75. The number of amides is 1. The Balaban J connectivity index is 1.46. The molecule has 0 unspecified atom stereocenters. The maximum absolute atomic E-state index is 13.3. The van der Waals surface area contributed by atoms with Crippen molar-refractivity contribution in [1.29, 1.82) is 0 Å². The third-order valence-electron chi connectivity index (χ3n) is 5.43. The van der Waals surface area contributed by atoms with Crippen LogP contribution in [0, 0.1) is 0 Å². The largest absolute Gasteiger partial charge is 0.586 e. The number of carbonyl (C=O) groups is 1. The van der Waals surface area contributed by atoms with E-state index in [2.05, 4.69) is 14.6 Å². The molecule has 1 aromatic heterocycles. The van der Waals surface area contributed by atoms with Crippen molar-refractivity contribution in [2.45, 2.75) is 19.3 Å². The number of likely N-dealkylation sites (N-methyl/N-ethyl adjacent to an activating group) is 1. The van der Waals surface area contributed by atoms with Gasteiger partial charge in [0, 0.05) is 40.5 Å². The lowest BCUT2D eigenvalue weighted by atomic mass is 10.0. The van der Waals surface area contributed by atoms with E-state index in [9.17, 15) is 18.4 Å². The molecule has 0 atom stereocenters. The lowest BCUT2D eigenvalue weighted by Crippen LogP contribution is -2.36. The van der Waals surface area contributed by atoms with Gasteiger partial charge in [-0.05, 0) is 30.7 Å². The molecule has 7 nitrogen and oxygen atoms in total. The molecule has 5 rings (SSSR count). The summed E-state index contributed by atoms with van der Waals surface area (Å²) >= 11 is 6.13. The van der Waals surface area contributed by atoms with Crippen molar-refractivity contribution in [3.05, 3.63) is 75.0 Å². The van der Waals surface area contributed by atoms with Crippen LogP contribution in [0.1, 0.15) is 11.1 Å². The predicted molar refractivity (Wildman–Crippen MR) is 118 cm³/mol. The number of rotatable bonds is 4. The van der Waals surface area contributed by atoms with Crippen LogP contribution in [0.2, 0.25) is 5.02 Å². The minimum Gasteiger partial charge on any atom is -0.395 e. The summed E-state index contributed by atoms with van der Waals surface area (Å²) in [6, 6.07) is 11.1. The Bertz CT molecular complexity index is 1390. The second kappa shape index (κ2) is 7.70. The van der Waals surface area contributed by atoms with Gasteiger partial charge in [0.25, 0.3) is 5.56 Å². The fraction of sp³-hybridized carbons (Fsp3) is 0.174. The molecule has 1 aliphatic heterocycles. The third kappa shape index (κ3) is 3.84. The van der Waals surface area contributed by atoms with Crippen molar-refractivity contribution in [3.63, 3.8) is 0 Å². The maximum atomic E-state index is 13.3. The molecule has 0 saturated carbocycles. The molecule has 1 amide bonds. The summed E-state index contributed by atoms with van der Waals surface area (Å²) in [4.78, 5) is 27.2. The second-order valence-corrected chi connectivity index (χ2v) is 8.01. The Morgan fingerprint density at radius 1 is 1.21 bits per heavy atom. The molecule has 2 aliphatic rings. The van der Waals surface area contributed by atoms with Gasteiger partial charge in [-0.25, -0.2) is 4.68 Å². The van der Waals surface area contributed by atoms with Gasteiger partial charge < -0.3 is 14.4 Å². The Kier molecular flexibility index (Phi) is 4.93. The SMILES string of the molecule is CN(C(=O)Cn1nc(-c2cccc(Cl)c2)c2c(c1=O)CC=C2)c1ccc2c(c1)OC(F)(F)O2. The molecule has 0 spiro atoms. The summed E-state index contributed by atoms with van der Waals surface area (Å²) in [6.07, 6.45) is 0.379. The van der Waals surface area contributed by atoms with Crippen molar-refractivity contribution in [1.82, 2.24) is 9.78 Å². The van der Waals surface area contributed by atoms with E-state index in [1.165, 1.54) is 30.1 Å². The summed E-state index contributed by atoms with van der Waals surface area (Å²) in [7, 11) is 1.47. The standard InChI is InChI=1S/C23H16ClF2N3O4/c1-28(15-8-9-18-19(11-15)33-23(25,26)32-18)20(30)12-29-22(31)17-7-3-6-16(17)21(27-29)13-4-2-5-14(24)10-13/h2-6,8-11H,7,12H2,1H3. The van der Waals surface area contributed by atoms with Crippen molar-refractivity contribution >= 4 is 29.3 Å². The predicted octanol–water partition coefficient (Wildman–Crippen LogP) is 4.12. The highest BCUT2D eigenvalue weighted by Crippen LogP contribution is 2.42. The molecule has 0 radical (unpaired) electrons. The van der Waals surface area contributed by atoms with Gasteiger partial charge in [-0.2, -0.15) is 5.10 Å². The molecule has 3 aromatic rings. The van der Waals surface area contributed by atoms with E-state index in [1.54, 1.807) is 18.2 Å². The summed E-state index contributed by atoms with van der Waals surface area (Å²) in [5.41, 5.74) is 2.44. The van der Waals surface area contributed by atoms with E-state index < -0.39 is 12.2 Å². The average molecular weight is 472 g/mol. The van der Waals surface area contributed by atoms with Crippen molar-refractivity contribution in [2.24, 2.45) is 0 Å². The Hall–Kier alpha value is -3.72. The van der Waals surface area contributed by atoms with E-state index in [0.717, 1.165) is 10.2 Å². The highest BCUT2D eigenvalue weighted by molar-refractivity contribution is 6.30. The van der Waals surface area contributed by atoms with Crippen LogP contribution in [0.5, 0.6) is 11.5 Å². The highest BCUT2D eigenvalue weighted by atomic mass is 35.5. The number of ether oxygens (including phenoxy) is 2. The molecule has 0 fully saturated rings. The second-order valence-electron chi connectivity index (χ2n) is 7.57. The molecular weight excluding hydrogens is 456 g/mol. The Labute approximate surface area is 191 Å². The molecule has 10 heteroatoms. The van der Waals surface area contributed by atoms with Crippen LogP contribution in [0.3, 0.4) is 0 Å². The molecule has 33 heavy (non-hydrogen) atoms. The number of hydrogen-bond acceptors (Lipinski definition) is 5. The molecular formula is C23H16ClF2N3O4. The fourth-order valence-corrected chi connectivity index (χ4v) is 3.98. The van der Waals surface area contributed by atoms with Gasteiger partial charge in [0.2, 0.25) is 5.91 Å². The van der Waals surface area contributed by atoms with Crippen LogP contribution in [-0.4, -0.2) is 29.0 Å². The number of allylic oxidation sites excluding steroid dienone is 1. The lowest BCUT2D eigenvalue weighted by molar-refractivity contribution is -0.286. The number of benzene rings is 2. The van der Waals surface area contributed by atoms with Crippen LogP contribution in [0.15, 0.2) is 53.3 Å². The van der Waals surface area contributed by atoms with Crippen molar-refractivity contribution in [2.75, 3.05) is 11.9 Å². The zero-order valence-electron chi connectivity index (χ0n) is 17.2. The molecule has 0 saturated heterocycles. The molecule has 2 aromatic carbocycles. The van der Waals surface area contributed by atoms with Gasteiger partial charge in [0.1, 0.15) is 6.54 Å². The molecule has 2 heterocycles. The molecule has 0 N–H and O–H groups in total. The number of anilines is 1. The van der Waals surface area contributed by atoms with E-state index in [1.807, 2.05) is 18.2 Å². The number of hydrogen-bond donors (Lipinski definition) is 0. The van der Waals surface area contributed by atoms with Crippen LogP contribution in [0.25, 0.3) is 17.3 Å². The van der Waals surface area contributed by atoms with Gasteiger partial charge in [-0.3, -0.25) is 9.59 Å². The average Bonchev–Trinajstić information content (AvgIpc) is 3.37. The van der Waals surface area contributed by atoms with Gasteiger partial charge in [-0.1, -0.05) is 35.9 Å². The number of aromatic nitrogens is 2. The highest BCUT2D eigenvalue weighted by Gasteiger charge is 2.43. The normalized spacial score (nSPS) is 14.9. The number of nitrogens with zero attached hydrogens (tertiary/aromatic N) is 3. The topological polar surface area (TPSA) is 73.7 Å². The van der Waals surface area contributed by atoms with Gasteiger partial charge in [0.15, 0.2) is 11.5 Å². The smallest absolute Gasteiger partial charge is 0.395 e. The number of alkyl halides is 2. The first kappa shape index (κ1) is 21.1. The third-order valence-corrected chi connectivity index (χ3v) is 5.66. The zero-order chi connectivity index (χ0) is 23.3. The summed E-state index contributed by atoms with van der Waals surface area (Å²) in [5, 5.41) is 4.97. The summed E-state index contributed by atoms with van der Waals surface area (Å²) in [5.74, 6) is -0.780. The van der Waals surface area contributed by atoms with E-state index in [0.29, 0.717) is 34.0 Å². The van der Waals surface area contributed by atoms with Crippen molar-refractivity contribution < 1.29 is 23.0 Å². The van der Waals surface area contributed by atoms with Crippen molar-refractivity contribution in [3.8, 4) is 22.8 Å². The quantitative estimate of drug-likeness (QED) is 0.572. The summed E-state index contributed by atoms with van der Waals surface area (Å²) < 4.78 is 36.5. The minimum absolute atomic E-state index is 0.125. The number of fused-ring (bicyclic) bond motifs is 2.